The lowest BCUT2D eigenvalue weighted by atomic mass is 10.2. The highest BCUT2D eigenvalue weighted by Gasteiger charge is 2.12. The summed E-state index contributed by atoms with van der Waals surface area (Å²) in [6.45, 7) is 8.81. The van der Waals surface area contributed by atoms with E-state index in [2.05, 4.69) is 25.7 Å². The van der Waals surface area contributed by atoms with E-state index < -0.39 is 0 Å². The van der Waals surface area contributed by atoms with Crippen LogP contribution in [-0.2, 0) is 4.74 Å². The molecule has 1 aliphatic rings. The predicted molar refractivity (Wildman–Crippen MR) is 98.1 cm³/mol. The van der Waals surface area contributed by atoms with Gasteiger partial charge in [0.2, 0.25) is 0 Å². The minimum Gasteiger partial charge on any atom is -0.379 e. The first-order chi connectivity index (χ1) is 12.6. The highest BCUT2D eigenvalue weighted by Crippen LogP contribution is 2.21. The molecule has 1 aromatic heterocycles. The van der Waals surface area contributed by atoms with Gasteiger partial charge in [-0.15, -0.1) is 0 Å². The monoisotopic (exact) mass is 359 g/mol. The molecule has 2 amide bonds. The molecule has 26 heavy (non-hydrogen) atoms. The zero-order valence-electron chi connectivity index (χ0n) is 15.2. The van der Waals surface area contributed by atoms with E-state index in [9.17, 15) is 4.79 Å². The maximum absolute atomic E-state index is 12.0. The second kappa shape index (κ2) is 8.77. The number of morpholine rings is 1. The first-order valence-electron chi connectivity index (χ1n) is 8.91. The summed E-state index contributed by atoms with van der Waals surface area (Å²) >= 11 is 0. The zero-order valence-corrected chi connectivity index (χ0v) is 15.2. The first kappa shape index (κ1) is 18.3. The molecule has 1 saturated heterocycles. The van der Waals surface area contributed by atoms with Gasteiger partial charge in [0.25, 0.3) is 5.89 Å². The van der Waals surface area contributed by atoms with Crippen molar-refractivity contribution in [3.63, 3.8) is 0 Å². The van der Waals surface area contributed by atoms with Crippen molar-refractivity contribution >= 4 is 11.7 Å². The van der Waals surface area contributed by atoms with Crippen molar-refractivity contribution in [2.75, 3.05) is 44.7 Å². The topological polar surface area (TPSA) is 92.5 Å². The van der Waals surface area contributed by atoms with Crippen LogP contribution in [-0.4, -0.2) is 60.5 Å². The number of aromatic nitrogens is 2. The number of ether oxygens (including phenoxy) is 1. The standard InChI is InChI=1S/C18H25N5O3/c1-13(2)16-21-17(26-22-16)14-3-5-15(6-4-14)20-18(24)19-7-8-23-9-11-25-12-10-23/h3-6,13H,7-12H2,1-2H3,(H2,19,20,24). The Kier molecular flexibility index (Phi) is 6.19. The molecule has 0 spiro atoms. The van der Waals surface area contributed by atoms with Crippen LogP contribution in [0.15, 0.2) is 28.8 Å². The third-order valence-electron chi connectivity index (χ3n) is 4.17. The van der Waals surface area contributed by atoms with Gasteiger partial charge in [-0.2, -0.15) is 4.98 Å². The second-order valence-electron chi connectivity index (χ2n) is 6.52. The molecule has 0 atom stereocenters. The number of hydrogen-bond acceptors (Lipinski definition) is 6. The molecule has 2 N–H and O–H groups in total. The van der Waals surface area contributed by atoms with Crippen molar-refractivity contribution in [3.8, 4) is 11.5 Å². The van der Waals surface area contributed by atoms with Crippen LogP contribution in [0.2, 0.25) is 0 Å². The van der Waals surface area contributed by atoms with E-state index in [1.54, 1.807) is 0 Å². The normalized spacial score (nSPS) is 15.2. The molecule has 0 aliphatic carbocycles. The Morgan fingerprint density at radius 2 is 1.96 bits per heavy atom. The number of carbonyl (C=O) groups excluding carboxylic acids is 1. The number of benzene rings is 1. The summed E-state index contributed by atoms with van der Waals surface area (Å²) in [5.74, 6) is 1.38. The Labute approximate surface area is 152 Å². The first-order valence-corrected chi connectivity index (χ1v) is 8.91. The SMILES string of the molecule is CC(C)c1noc(-c2ccc(NC(=O)NCCN3CCOCC3)cc2)n1. The second-order valence-corrected chi connectivity index (χ2v) is 6.52. The fourth-order valence-corrected chi connectivity index (χ4v) is 2.61. The van der Waals surface area contributed by atoms with E-state index in [4.69, 9.17) is 9.26 Å². The third kappa shape index (κ3) is 5.03. The summed E-state index contributed by atoms with van der Waals surface area (Å²) < 4.78 is 10.6. The smallest absolute Gasteiger partial charge is 0.319 e. The van der Waals surface area contributed by atoms with Gasteiger partial charge < -0.3 is 19.9 Å². The molecular weight excluding hydrogens is 334 g/mol. The summed E-state index contributed by atoms with van der Waals surface area (Å²) in [6.07, 6.45) is 0. The molecule has 8 heteroatoms. The van der Waals surface area contributed by atoms with E-state index in [1.165, 1.54) is 0 Å². The van der Waals surface area contributed by atoms with Crippen molar-refractivity contribution in [2.24, 2.45) is 0 Å². The number of nitrogens with one attached hydrogen (secondary N) is 2. The summed E-state index contributed by atoms with van der Waals surface area (Å²) in [7, 11) is 0. The zero-order chi connectivity index (χ0) is 18.4. The van der Waals surface area contributed by atoms with Crippen molar-refractivity contribution in [3.05, 3.63) is 30.1 Å². The molecule has 3 rings (SSSR count). The lowest BCUT2D eigenvalue weighted by molar-refractivity contribution is 0.0388. The summed E-state index contributed by atoms with van der Waals surface area (Å²) in [5, 5.41) is 9.65. The molecular formula is C18H25N5O3. The number of nitrogens with zero attached hydrogens (tertiary/aromatic N) is 3. The van der Waals surface area contributed by atoms with E-state index in [1.807, 2.05) is 38.1 Å². The van der Waals surface area contributed by atoms with Crippen LogP contribution >= 0.6 is 0 Å². The summed E-state index contributed by atoms with van der Waals surface area (Å²) in [5.41, 5.74) is 1.53. The fourth-order valence-electron chi connectivity index (χ4n) is 2.61. The Balaban J connectivity index is 1.46. The number of urea groups is 1. The molecule has 8 nitrogen and oxygen atoms in total. The molecule has 140 valence electrons. The maximum atomic E-state index is 12.0. The van der Waals surface area contributed by atoms with Gasteiger partial charge >= 0.3 is 6.03 Å². The van der Waals surface area contributed by atoms with Gasteiger partial charge in [-0.05, 0) is 24.3 Å². The van der Waals surface area contributed by atoms with Gasteiger partial charge in [0, 0.05) is 43.3 Å². The molecule has 1 aromatic carbocycles. The van der Waals surface area contributed by atoms with Crippen LogP contribution in [0.1, 0.15) is 25.6 Å². The third-order valence-corrected chi connectivity index (χ3v) is 4.17. The molecule has 2 heterocycles. The molecule has 0 unspecified atom stereocenters. The highest BCUT2D eigenvalue weighted by atomic mass is 16.5. The van der Waals surface area contributed by atoms with Crippen LogP contribution in [0, 0.1) is 0 Å². The maximum Gasteiger partial charge on any atom is 0.319 e. The van der Waals surface area contributed by atoms with Crippen LogP contribution < -0.4 is 10.6 Å². The minimum atomic E-state index is -0.217. The summed E-state index contributed by atoms with van der Waals surface area (Å²) in [4.78, 5) is 18.6. The van der Waals surface area contributed by atoms with Gasteiger partial charge in [-0.1, -0.05) is 19.0 Å². The largest absolute Gasteiger partial charge is 0.379 e. The molecule has 2 aromatic rings. The van der Waals surface area contributed by atoms with Crippen LogP contribution in [0.5, 0.6) is 0 Å². The molecule has 0 bridgehead atoms. The van der Waals surface area contributed by atoms with E-state index in [0.29, 0.717) is 23.9 Å². The van der Waals surface area contributed by atoms with Crippen molar-refractivity contribution in [2.45, 2.75) is 19.8 Å². The highest BCUT2D eigenvalue weighted by molar-refractivity contribution is 5.89. The van der Waals surface area contributed by atoms with E-state index in [0.717, 1.165) is 38.4 Å². The average Bonchev–Trinajstić information content (AvgIpc) is 3.14. The quantitative estimate of drug-likeness (QED) is 0.822. The fraction of sp³-hybridized carbons (Fsp3) is 0.500. The predicted octanol–water partition coefficient (Wildman–Crippen LogP) is 2.31. The van der Waals surface area contributed by atoms with Crippen molar-refractivity contribution in [1.82, 2.24) is 20.4 Å². The molecule has 0 saturated carbocycles. The lowest BCUT2D eigenvalue weighted by Gasteiger charge is -2.26. The van der Waals surface area contributed by atoms with Crippen molar-refractivity contribution < 1.29 is 14.1 Å². The Hall–Kier alpha value is -2.45. The van der Waals surface area contributed by atoms with Crippen LogP contribution in [0.25, 0.3) is 11.5 Å². The Morgan fingerprint density at radius 1 is 1.23 bits per heavy atom. The number of anilines is 1. The molecule has 1 aliphatic heterocycles. The lowest BCUT2D eigenvalue weighted by Crippen LogP contribution is -2.42. The molecule has 0 radical (unpaired) electrons. The Morgan fingerprint density at radius 3 is 2.62 bits per heavy atom. The average molecular weight is 359 g/mol. The number of carbonyl (C=O) groups is 1. The number of rotatable bonds is 6. The van der Waals surface area contributed by atoms with Crippen LogP contribution in [0.3, 0.4) is 0 Å². The Bertz CT molecular complexity index is 708. The minimum absolute atomic E-state index is 0.217. The van der Waals surface area contributed by atoms with Gasteiger partial charge in [0.1, 0.15) is 0 Å². The van der Waals surface area contributed by atoms with Gasteiger partial charge in [0.05, 0.1) is 13.2 Å². The van der Waals surface area contributed by atoms with E-state index >= 15 is 0 Å². The van der Waals surface area contributed by atoms with Gasteiger partial charge in [-0.3, -0.25) is 4.90 Å². The van der Waals surface area contributed by atoms with Gasteiger partial charge in [0.15, 0.2) is 5.82 Å². The summed E-state index contributed by atoms with van der Waals surface area (Å²) in [6, 6.07) is 7.11. The van der Waals surface area contributed by atoms with E-state index in [-0.39, 0.29) is 11.9 Å². The van der Waals surface area contributed by atoms with Gasteiger partial charge in [-0.25, -0.2) is 4.79 Å². The van der Waals surface area contributed by atoms with Crippen molar-refractivity contribution in [1.29, 1.82) is 0 Å². The van der Waals surface area contributed by atoms with Crippen LogP contribution in [0.4, 0.5) is 10.5 Å². The molecule has 1 fully saturated rings. The number of amides is 2. The number of hydrogen-bond donors (Lipinski definition) is 2.